The van der Waals surface area contributed by atoms with Crippen LogP contribution < -0.4 is 11.1 Å². The summed E-state index contributed by atoms with van der Waals surface area (Å²) < 4.78 is 0.964. The molecule has 2 heterocycles. The van der Waals surface area contributed by atoms with Crippen LogP contribution in [-0.2, 0) is 6.42 Å². The van der Waals surface area contributed by atoms with E-state index in [0.29, 0.717) is 17.7 Å². The van der Waals surface area contributed by atoms with Gasteiger partial charge in [-0.15, -0.1) is 0 Å². The van der Waals surface area contributed by atoms with E-state index in [1.807, 2.05) is 24.3 Å². The third-order valence-electron chi connectivity index (χ3n) is 3.11. The van der Waals surface area contributed by atoms with Crippen LogP contribution in [0.25, 0.3) is 0 Å². The van der Waals surface area contributed by atoms with E-state index in [2.05, 4.69) is 31.2 Å². The van der Waals surface area contributed by atoms with Crippen molar-refractivity contribution in [3.63, 3.8) is 0 Å². The number of benzene rings is 1. The number of hydrogen-bond acceptors (Lipinski definition) is 4. The lowest BCUT2D eigenvalue weighted by Gasteiger charge is -2.25. The number of anilines is 1. The Morgan fingerprint density at radius 3 is 2.95 bits per heavy atom. The highest BCUT2D eigenvalue weighted by molar-refractivity contribution is 9.10. The number of rotatable bonds is 1. The maximum Gasteiger partial charge on any atom is 0.255 e. The Morgan fingerprint density at radius 2 is 2.16 bits per heavy atom. The van der Waals surface area contributed by atoms with Crippen LogP contribution in [0.2, 0.25) is 0 Å². The maximum absolute atomic E-state index is 12.0. The summed E-state index contributed by atoms with van der Waals surface area (Å²) in [4.78, 5) is 20.1. The van der Waals surface area contributed by atoms with Crippen LogP contribution in [0.1, 0.15) is 27.7 Å². The molecule has 3 rings (SSSR count). The molecule has 1 amide bonds. The van der Waals surface area contributed by atoms with Crippen LogP contribution in [0, 0.1) is 0 Å². The van der Waals surface area contributed by atoms with Crippen LogP contribution in [0.4, 0.5) is 5.95 Å². The van der Waals surface area contributed by atoms with E-state index >= 15 is 0 Å². The second-order valence-corrected chi connectivity index (χ2v) is 5.19. The van der Waals surface area contributed by atoms with E-state index < -0.39 is 0 Å². The Labute approximate surface area is 118 Å². The number of amides is 1. The highest BCUT2D eigenvalue weighted by Crippen LogP contribution is 2.29. The predicted molar refractivity (Wildman–Crippen MR) is 74.5 cm³/mol. The van der Waals surface area contributed by atoms with Gasteiger partial charge < -0.3 is 11.1 Å². The molecule has 6 heteroatoms. The van der Waals surface area contributed by atoms with Gasteiger partial charge in [-0.1, -0.05) is 34.1 Å². The second-order valence-electron chi connectivity index (χ2n) is 4.34. The topological polar surface area (TPSA) is 80.9 Å². The minimum Gasteiger partial charge on any atom is -0.368 e. The molecule has 1 aliphatic rings. The third kappa shape index (κ3) is 2.19. The molecular formula is C13H11BrN4O. The lowest BCUT2D eigenvalue weighted by Crippen LogP contribution is -2.36. The van der Waals surface area contributed by atoms with E-state index in [4.69, 9.17) is 5.73 Å². The van der Waals surface area contributed by atoms with Gasteiger partial charge in [-0.3, -0.25) is 4.79 Å². The van der Waals surface area contributed by atoms with Gasteiger partial charge in [-0.05, 0) is 11.6 Å². The molecule has 0 saturated carbocycles. The summed E-state index contributed by atoms with van der Waals surface area (Å²) in [6, 6.07) is 7.70. The van der Waals surface area contributed by atoms with Crippen molar-refractivity contribution in [2.24, 2.45) is 0 Å². The highest BCUT2D eigenvalue weighted by Gasteiger charge is 2.27. The molecule has 1 atom stereocenters. The van der Waals surface area contributed by atoms with E-state index in [1.165, 1.54) is 6.20 Å². The van der Waals surface area contributed by atoms with Gasteiger partial charge in [0.2, 0.25) is 5.95 Å². The van der Waals surface area contributed by atoms with Crippen LogP contribution in [-0.4, -0.2) is 15.9 Å². The molecule has 0 bridgehead atoms. The molecule has 0 spiro atoms. The van der Waals surface area contributed by atoms with Crippen molar-refractivity contribution in [3.05, 3.63) is 51.8 Å². The molecule has 0 unspecified atom stereocenters. The summed E-state index contributed by atoms with van der Waals surface area (Å²) in [6.45, 7) is 0. The molecular weight excluding hydrogens is 308 g/mol. The van der Waals surface area contributed by atoms with E-state index in [9.17, 15) is 4.79 Å². The standard InChI is InChI=1S/C13H11BrN4O/c14-9-4-2-1-3-7(9)10-5-11-8(12(19)17-10)6-16-13(15)18-11/h1-4,6,10H,5H2,(H,17,19)(H2,15,16,18)/t10-/m1/s1. The molecule has 96 valence electrons. The number of carbonyl (C=O) groups excluding carboxylic acids is 1. The van der Waals surface area contributed by atoms with Crippen molar-refractivity contribution in [1.82, 2.24) is 15.3 Å². The zero-order valence-electron chi connectivity index (χ0n) is 9.93. The Hall–Kier alpha value is -1.95. The largest absolute Gasteiger partial charge is 0.368 e. The number of carbonyl (C=O) groups is 1. The lowest BCUT2D eigenvalue weighted by molar-refractivity contribution is 0.0923. The van der Waals surface area contributed by atoms with E-state index in [0.717, 1.165) is 10.0 Å². The number of nitrogens with two attached hydrogens (primary N) is 1. The normalized spacial score (nSPS) is 17.7. The van der Waals surface area contributed by atoms with Crippen molar-refractivity contribution in [1.29, 1.82) is 0 Å². The van der Waals surface area contributed by atoms with Gasteiger partial charge in [0, 0.05) is 17.1 Å². The van der Waals surface area contributed by atoms with E-state index in [1.54, 1.807) is 0 Å². The zero-order valence-corrected chi connectivity index (χ0v) is 11.5. The monoisotopic (exact) mass is 318 g/mol. The van der Waals surface area contributed by atoms with Gasteiger partial charge in [0.05, 0.1) is 17.3 Å². The lowest BCUT2D eigenvalue weighted by atomic mass is 9.96. The van der Waals surface area contributed by atoms with Crippen molar-refractivity contribution >= 4 is 27.8 Å². The number of nitrogens with zero attached hydrogens (tertiary/aromatic N) is 2. The first-order valence-electron chi connectivity index (χ1n) is 5.82. The number of fused-ring (bicyclic) bond motifs is 1. The summed E-state index contributed by atoms with van der Waals surface area (Å²) in [7, 11) is 0. The average molecular weight is 319 g/mol. The Bertz CT molecular complexity index is 659. The van der Waals surface area contributed by atoms with E-state index in [-0.39, 0.29) is 17.9 Å². The Morgan fingerprint density at radius 1 is 1.37 bits per heavy atom. The van der Waals surface area contributed by atoms with Crippen molar-refractivity contribution in [2.45, 2.75) is 12.5 Å². The summed E-state index contributed by atoms with van der Waals surface area (Å²) in [6.07, 6.45) is 2.08. The van der Waals surface area contributed by atoms with Crippen LogP contribution in [0.5, 0.6) is 0 Å². The van der Waals surface area contributed by atoms with Gasteiger partial charge >= 0.3 is 0 Å². The Kier molecular flexibility index (Phi) is 2.94. The van der Waals surface area contributed by atoms with Crippen molar-refractivity contribution < 1.29 is 4.79 Å². The van der Waals surface area contributed by atoms with Gasteiger partial charge in [-0.25, -0.2) is 9.97 Å². The number of halogens is 1. The van der Waals surface area contributed by atoms with Gasteiger partial charge in [0.15, 0.2) is 0 Å². The van der Waals surface area contributed by atoms with Gasteiger partial charge in [0.25, 0.3) is 5.91 Å². The van der Waals surface area contributed by atoms with Crippen LogP contribution in [0.3, 0.4) is 0 Å². The number of aromatic nitrogens is 2. The molecule has 1 aromatic heterocycles. The molecule has 0 aliphatic carbocycles. The van der Waals surface area contributed by atoms with Crippen molar-refractivity contribution in [3.8, 4) is 0 Å². The van der Waals surface area contributed by atoms with Crippen LogP contribution in [0.15, 0.2) is 34.9 Å². The molecule has 19 heavy (non-hydrogen) atoms. The highest BCUT2D eigenvalue weighted by atomic mass is 79.9. The summed E-state index contributed by atoms with van der Waals surface area (Å²) in [5.74, 6) is 0.0290. The first-order chi connectivity index (χ1) is 9.15. The molecule has 0 fully saturated rings. The average Bonchev–Trinajstić information content (AvgIpc) is 2.38. The molecule has 2 aromatic rings. The minimum absolute atomic E-state index is 0.107. The van der Waals surface area contributed by atoms with Crippen molar-refractivity contribution in [2.75, 3.05) is 5.73 Å². The first kappa shape index (κ1) is 12.1. The fourth-order valence-electron chi connectivity index (χ4n) is 2.20. The molecule has 1 aromatic carbocycles. The summed E-state index contributed by atoms with van der Waals surface area (Å²) in [5, 5.41) is 2.96. The maximum atomic E-state index is 12.0. The number of hydrogen-bond donors (Lipinski definition) is 2. The summed E-state index contributed by atoms with van der Waals surface area (Å²) >= 11 is 3.50. The smallest absolute Gasteiger partial charge is 0.255 e. The SMILES string of the molecule is Nc1ncc2c(n1)C[C@H](c1ccccc1Br)NC2=O. The predicted octanol–water partition coefficient (Wildman–Crippen LogP) is 1.85. The van der Waals surface area contributed by atoms with Crippen LogP contribution >= 0.6 is 15.9 Å². The fraction of sp³-hybridized carbons (Fsp3) is 0.154. The minimum atomic E-state index is -0.165. The third-order valence-corrected chi connectivity index (χ3v) is 3.84. The molecule has 1 aliphatic heterocycles. The van der Waals surface area contributed by atoms with Gasteiger partial charge in [-0.2, -0.15) is 0 Å². The summed E-state index contributed by atoms with van der Waals surface area (Å²) in [5.41, 5.74) is 7.79. The second kappa shape index (κ2) is 4.62. The molecule has 0 saturated heterocycles. The molecule has 3 N–H and O–H groups in total. The first-order valence-corrected chi connectivity index (χ1v) is 6.61. The zero-order chi connectivity index (χ0) is 13.4. The molecule has 0 radical (unpaired) electrons. The number of nitrogen functional groups attached to an aromatic ring is 1. The fourth-order valence-corrected chi connectivity index (χ4v) is 2.76. The molecule has 5 nitrogen and oxygen atoms in total. The van der Waals surface area contributed by atoms with Gasteiger partial charge in [0.1, 0.15) is 0 Å². The Balaban J connectivity index is 2.01. The number of nitrogens with one attached hydrogen (secondary N) is 1. The quantitative estimate of drug-likeness (QED) is 0.840.